The quantitative estimate of drug-likeness (QED) is 0.479. The van der Waals surface area contributed by atoms with Crippen molar-refractivity contribution in [1.82, 2.24) is 0 Å². The van der Waals surface area contributed by atoms with Gasteiger partial charge in [-0.3, -0.25) is 14.4 Å². The monoisotopic (exact) mass is 307 g/mol. The third-order valence-electron chi connectivity index (χ3n) is 6.17. The molecule has 23 heavy (non-hydrogen) atoms. The molecular weight excluding hydrogens is 290 g/mol. The highest BCUT2D eigenvalue weighted by molar-refractivity contribution is 6.23. The number of carbonyl (C=O) groups is 3. The third-order valence-corrected chi connectivity index (χ3v) is 6.17. The van der Waals surface area contributed by atoms with Crippen LogP contribution in [0.4, 0.5) is 5.69 Å². The molecule has 6 atom stereocenters. The van der Waals surface area contributed by atoms with Crippen molar-refractivity contribution < 1.29 is 14.4 Å². The summed E-state index contributed by atoms with van der Waals surface area (Å²) in [5.74, 6) is 1.06. The average Bonchev–Trinajstić information content (AvgIpc) is 3.32. The van der Waals surface area contributed by atoms with Crippen molar-refractivity contribution in [3.63, 3.8) is 0 Å². The first-order valence-corrected chi connectivity index (χ1v) is 8.25. The molecule has 116 valence electrons. The van der Waals surface area contributed by atoms with Crippen LogP contribution in [0.1, 0.15) is 23.7 Å². The molecule has 4 nitrogen and oxygen atoms in total. The number of hydrogen-bond acceptors (Lipinski definition) is 3. The van der Waals surface area contributed by atoms with E-state index in [-0.39, 0.29) is 41.3 Å². The predicted molar refractivity (Wildman–Crippen MR) is 83.6 cm³/mol. The van der Waals surface area contributed by atoms with E-state index in [2.05, 4.69) is 12.2 Å². The van der Waals surface area contributed by atoms with Crippen molar-refractivity contribution in [2.75, 3.05) is 4.90 Å². The van der Waals surface area contributed by atoms with E-state index in [1.54, 1.807) is 24.3 Å². The van der Waals surface area contributed by atoms with Crippen LogP contribution >= 0.6 is 0 Å². The Labute approximate surface area is 134 Å². The van der Waals surface area contributed by atoms with Crippen molar-refractivity contribution in [2.45, 2.75) is 13.3 Å². The lowest BCUT2D eigenvalue weighted by Gasteiger charge is -2.37. The number of amides is 2. The van der Waals surface area contributed by atoms with E-state index in [0.717, 1.165) is 6.42 Å². The maximum atomic E-state index is 13.0. The summed E-state index contributed by atoms with van der Waals surface area (Å²) >= 11 is 0. The Morgan fingerprint density at radius 3 is 2.22 bits per heavy atom. The Bertz CT molecular complexity index is 760. The zero-order chi connectivity index (χ0) is 15.9. The number of benzene rings is 1. The van der Waals surface area contributed by atoms with Gasteiger partial charge in [0, 0.05) is 5.56 Å². The molecule has 0 N–H and O–H groups in total. The summed E-state index contributed by atoms with van der Waals surface area (Å²) < 4.78 is 0. The molecule has 1 aliphatic heterocycles. The zero-order valence-corrected chi connectivity index (χ0v) is 12.8. The second-order valence-electron chi connectivity index (χ2n) is 7.27. The fraction of sp³-hybridized carbons (Fsp3) is 0.421. The van der Waals surface area contributed by atoms with Gasteiger partial charge < -0.3 is 0 Å². The number of ketones is 1. The van der Waals surface area contributed by atoms with Crippen molar-refractivity contribution in [3.8, 4) is 0 Å². The maximum Gasteiger partial charge on any atom is 0.238 e. The Kier molecular flexibility index (Phi) is 2.41. The predicted octanol–water partition coefficient (Wildman–Crippen LogP) is 2.45. The molecule has 2 saturated carbocycles. The molecule has 0 unspecified atom stereocenters. The standard InChI is InChI=1S/C19H17NO3/c1-9(21)10-3-2-4-11(7-10)20-18(22)16-12-5-6-13(15-8-14(12)15)17(16)19(20)23/h2-7,12-17H,8H2,1H3/t12-,13-,14-,15+,16+,17+/m1/s1. The minimum Gasteiger partial charge on any atom is -0.295 e. The van der Waals surface area contributed by atoms with Crippen LogP contribution in [0.15, 0.2) is 36.4 Å². The van der Waals surface area contributed by atoms with E-state index in [4.69, 9.17) is 0 Å². The molecule has 0 aromatic heterocycles. The first-order valence-electron chi connectivity index (χ1n) is 8.25. The molecule has 3 fully saturated rings. The Balaban J connectivity index is 1.57. The van der Waals surface area contributed by atoms with Gasteiger partial charge in [-0.15, -0.1) is 0 Å². The van der Waals surface area contributed by atoms with Crippen LogP contribution in [0.2, 0.25) is 0 Å². The van der Waals surface area contributed by atoms with Crippen LogP contribution in [0.25, 0.3) is 0 Å². The molecule has 1 aromatic rings. The smallest absolute Gasteiger partial charge is 0.238 e. The van der Waals surface area contributed by atoms with E-state index in [0.29, 0.717) is 23.1 Å². The van der Waals surface area contributed by atoms with Crippen LogP contribution < -0.4 is 4.90 Å². The van der Waals surface area contributed by atoms with Gasteiger partial charge in [0.25, 0.3) is 0 Å². The van der Waals surface area contributed by atoms with E-state index in [1.807, 2.05) is 0 Å². The summed E-state index contributed by atoms with van der Waals surface area (Å²) in [5, 5.41) is 0. The number of rotatable bonds is 2. The molecule has 0 spiro atoms. The first kappa shape index (κ1) is 13.2. The molecule has 2 bridgehead atoms. The van der Waals surface area contributed by atoms with Crippen LogP contribution in [0.3, 0.4) is 0 Å². The highest BCUT2D eigenvalue weighted by Crippen LogP contribution is 2.65. The second-order valence-corrected chi connectivity index (χ2v) is 7.27. The molecule has 1 aromatic carbocycles. The van der Waals surface area contributed by atoms with Crippen LogP contribution in [-0.2, 0) is 9.59 Å². The van der Waals surface area contributed by atoms with Crippen molar-refractivity contribution in [2.24, 2.45) is 35.5 Å². The minimum absolute atomic E-state index is 0.0636. The topological polar surface area (TPSA) is 54.5 Å². The van der Waals surface area contributed by atoms with Crippen molar-refractivity contribution in [1.29, 1.82) is 0 Å². The zero-order valence-electron chi connectivity index (χ0n) is 12.8. The number of carbonyl (C=O) groups excluding carboxylic acids is 3. The fourth-order valence-corrected chi connectivity index (χ4v) is 5.08. The van der Waals surface area contributed by atoms with Crippen molar-refractivity contribution in [3.05, 3.63) is 42.0 Å². The number of imide groups is 1. The van der Waals surface area contributed by atoms with E-state index >= 15 is 0 Å². The largest absolute Gasteiger partial charge is 0.295 e. The molecule has 4 heteroatoms. The number of hydrogen-bond donors (Lipinski definition) is 0. The molecule has 1 heterocycles. The minimum atomic E-state index is -0.192. The Morgan fingerprint density at radius 1 is 1.04 bits per heavy atom. The number of Topliss-reactive ketones (excluding diaryl/α,β-unsaturated/α-hetero) is 1. The van der Waals surface area contributed by atoms with Gasteiger partial charge in [0.15, 0.2) is 5.78 Å². The lowest BCUT2D eigenvalue weighted by Crippen LogP contribution is -2.40. The van der Waals surface area contributed by atoms with Crippen molar-refractivity contribution >= 4 is 23.3 Å². The molecule has 4 aliphatic carbocycles. The van der Waals surface area contributed by atoms with Gasteiger partial charge in [-0.25, -0.2) is 4.90 Å². The lowest BCUT2D eigenvalue weighted by atomic mass is 9.63. The lowest BCUT2D eigenvalue weighted by molar-refractivity contribution is -0.124. The second kappa shape index (κ2) is 4.19. The molecule has 1 saturated heterocycles. The Morgan fingerprint density at radius 2 is 1.65 bits per heavy atom. The fourth-order valence-electron chi connectivity index (χ4n) is 5.08. The van der Waals surface area contributed by atoms with Gasteiger partial charge in [-0.05, 0) is 49.1 Å². The van der Waals surface area contributed by atoms with Gasteiger partial charge in [0.1, 0.15) is 0 Å². The number of allylic oxidation sites excluding steroid dienone is 2. The third kappa shape index (κ3) is 1.58. The summed E-state index contributed by atoms with van der Waals surface area (Å²) in [7, 11) is 0. The number of nitrogens with zero attached hydrogens (tertiary/aromatic N) is 1. The summed E-state index contributed by atoms with van der Waals surface area (Å²) in [5.41, 5.74) is 1.07. The van der Waals surface area contributed by atoms with Gasteiger partial charge in [-0.1, -0.05) is 24.3 Å². The van der Waals surface area contributed by atoms with E-state index in [1.165, 1.54) is 11.8 Å². The van der Waals surface area contributed by atoms with E-state index < -0.39 is 0 Å². The van der Waals surface area contributed by atoms with Gasteiger partial charge in [-0.2, -0.15) is 0 Å². The molecule has 6 rings (SSSR count). The Hall–Kier alpha value is -2.23. The SMILES string of the molecule is CC(=O)c1cccc(N2C(=O)[C@H]3[C@@H]4C=C[C@H]([C@@H]5C[C@H]45)[C@@H]3C2=O)c1. The van der Waals surface area contributed by atoms with E-state index in [9.17, 15) is 14.4 Å². The normalized spacial score (nSPS) is 39.4. The highest BCUT2D eigenvalue weighted by Gasteiger charge is 2.67. The average molecular weight is 307 g/mol. The molecule has 5 aliphatic rings. The summed E-state index contributed by atoms with van der Waals surface area (Å²) in [6, 6.07) is 6.85. The molecule has 0 radical (unpaired) electrons. The maximum absolute atomic E-state index is 13.0. The summed E-state index contributed by atoms with van der Waals surface area (Å²) in [6.45, 7) is 1.49. The number of anilines is 1. The summed E-state index contributed by atoms with van der Waals surface area (Å²) in [4.78, 5) is 38.9. The van der Waals surface area contributed by atoms with Crippen LogP contribution in [0.5, 0.6) is 0 Å². The highest BCUT2D eigenvalue weighted by atomic mass is 16.2. The van der Waals surface area contributed by atoms with Gasteiger partial charge >= 0.3 is 0 Å². The molecule has 2 amide bonds. The first-order chi connectivity index (χ1) is 11.1. The van der Waals surface area contributed by atoms with Crippen LogP contribution in [-0.4, -0.2) is 17.6 Å². The van der Waals surface area contributed by atoms with Crippen LogP contribution in [0, 0.1) is 35.5 Å². The van der Waals surface area contributed by atoms with Gasteiger partial charge in [0.2, 0.25) is 11.8 Å². The molecular formula is C19H17NO3. The summed E-state index contributed by atoms with van der Waals surface area (Å²) in [6.07, 6.45) is 5.50. The van der Waals surface area contributed by atoms with Gasteiger partial charge in [0.05, 0.1) is 17.5 Å².